The molecule has 1 atom stereocenters. The Morgan fingerprint density at radius 3 is 1.93 bits per heavy atom. The van der Waals surface area contributed by atoms with Gasteiger partial charge in [0.25, 0.3) is 5.91 Å². The highest BCUT2D eigenvalue weighted by Gasteiger charge is 2.30. The molecule has 5 nitrogen and oxygen atoms in total. The highest BCUT2D eigenvalue weighted by molar-refractivity contribution is 7.08. The first kappa shape index (κ1) is 19.9. The number of benzene rings is 2. The largest absolute Gasteiger partial charge is 0.284 e. The maximum Gasteiger partial charge on any atom is 0.252 e. The Morgan fingerprint density at radius 1 is 0.964 bits per heavy atom. The van der Waals surface area contributed by atoms with Gasteiger partial charge in [-0.3, -0.25) is 14.5 Å². The van der Waals surface area contributed by atoms with Gasteiger partial charge >= 0.3 is 0 Å². The van der Waals surface area contributed by atoms with Crippen LogP contribution in [0, 0.1) is 0 Å². The molecule has 0 bridgehead atoms. The molecule has 0 unspecified atom stereocenters. The number of nitrogens with zero attached hydrogens (tertiary/aromatic N) is 3. The summed E-state index contributed by atoms with van der Waals surface area (Å²) in [6.07, 6.45) is 0. The van der Waals surface area contributed by atoms with Crippen molar-refractivity contribution in [3.63, 3.8) is 0 Å². The number of carbonyl (C=O) groups excluding carboxylic acids is 2. The van der Waals surface area contributed by atoms with E-state index in [1.165, 1.54) is 23.2 Å². The van der Waals surface area contributed by atoms with Crippen molar-refractivity contribution in [2.75, 3.05) is 4.90 Å². The van der Waals surface area contributed by atoms with Crippen LogP contribution in [0.1, 0.15) is 25.0 Å². The number of amides is 2. The van der Waals surface area contributed by atoms with Crippen molar-refractivity contribution in [1.82, 2.24) is 9.88 Å². The fourth-order valence-corrected chi connectivity index (χ4v) is 3.57. The molecule has 3 aromatic rings. The Balaban J connectivity index is 1.86. The Labute approximate surface area is 169 Å². The fourth-order valence-electron chi connectivity index (χ4n) is 3.05. The van der Waals surface area contributed by atoms with E-state index in [0.717, 1.165) is 11.1 Å². The molecule has 0 aliphatic carbocycles. The lowest BCUT2D eigenvalue weighted by atomic mass is 10.1. The molecule has 0 spiro atoms. The van der Waals surface area contributed by atoms with E-state index >= 15 is 0 Å². The quantitative estimate of drug-likeness (QED) is 0.606. The topological polar surface area (TPSA) is 53.5 Å². The van der Waals surface area contributed by atoms with Crippen LogP contribution in [0.25, 0.3) is 0 Å². The van der Waals surface area contributed by atoms with Gasteiger partial charge < -0.3 is 0 Å². The van der Waals surface area contributed by atoms with Gasteiger partial charge in [-0.2, -0.15) is 0 Å². The summed E-state index contributed by atoms with van der Waals surface area (Å²) in [6.45, 7) is 4.44. The van der Waals surface area contributed by atoms with Crippen LogP contribution in [-0.2, 0) is 22.7 Å². The molecule has 3 rings (SSSR count). The van der Waals surface area contributed by atoms with Crippen LogP contribution in [-0.4, -0.2) is 27.7 Å². The van der Waals surface area contributed by atoms with Crippen molar-refractivity contribution in [1.29, 1.82) is 0 Å². The highest BCUT2D eigenvalue weighted by atomic mass is 32.1. The predicted molar refractivity (Wildman–Crippen MR) is 112 cm³/mol. The summed E-state index contributed by atoms with van der Waals surface area (Å²) >= 11 is 1.36. The zero-order chi connectivity index (χ0) is 19.9. The molecule has 0 saturated heterocycles. The number of hydrogen-bond donors (Lipinski definition) is 0. The van der Waals surface area contributed by atoms with Crippen molar-refractivity contribution in [2.45, 2.75) is 33.0 Å². The second-order valence-electron chi connectivity index (χ2n) is 6.59. The van der Waals surface area contributed by atoms with E-state index in [1.807, 2.05) is 67.6 Å². The Bertz CT molecular complexity index is 857. The van der Waals surface area contributed by atoms with Crippen molar-refractivity contribution < 1.29 is 9.59 Å². The molecule has 0 aliphatic rings. The first-order chi connectivity index (χ1) is 13.6. The number of hydrogen-bond acceptors (Lipinski definition) is 5. The van der Waals surface area contributed by atoms with E-state index in [-0.39, 0.29) is 11.8 Å². The van der Waals surface area contributed by atoms with Gasteiger partial charge in [-0.1, -0.05) is 60.7 Å². The summed E-state index contributed by atoms with van der Waals surface area (Å²) in [5.41, 5.74) is 3.84. The number of aromatic nitrogens is 1. The van der Waals surface area contributed by atoms with Crippen LogP contribution in [0.5, 0.6) is 0 Å². The van der Waals surface area contributed by atoms with Crippen molar-refractivity contribution in [3.8, 4) is 0 Å². The maximum atomic E-state index is 13.2. The molecule has 0 saturated carbocycles. The third-order valence-electron chi connectivity index (χ3n) is 4.55. The summed E-state index contributed by atoms with van der Waals surface area (Å²) < 4.78 is 0. The van der Waals surface area contributed by atoms with E-state index < -0.39 is 6.04 Å². The molecular weight excluding hydrogens is 370 g/mol. The van der Waals surface area contributed by atoms with Crippen molar-refractivity contribution in [2.24, 2.45) is 0 Å². The van der Waals surface area contributed by atoms with Crippen LogP contribution in [0.2, 0.25) is 0 Å². The van der Waals surface area contributed by atoms with Crippen LogP contribution in [0.4, 0.5) is 5.82 Å². The molecule has 1 heterocycles. The van der Waals surface area contributed by atoms with Gasteiger partial charge in [0.15, 0.2) is 5.82 Å². The average molecular weight is 394 g/mol. The van der Waals surface area contributed by atoms with Gasteiger partial charge in [0.1, 0.15) is 0 Å². The molecule has 0 N–H and O–H groups in total. The minimum absolute atomic E-state index is 0.273. The number of carbonyl (C=O) groups is 2. The van der Waals surface area contributed by atoms with Gasteiger partial charge in [0.05, 0.1) is 11.6 Å². The van der Waals surface area contributed by atoms with Gasteiger partial charge in [-0.05, 0) is 18.1 Å². The lowest BCUT2D eigenvalue weighted by Crippen LogP contribution is -2.48. The molecule has 0 radical (unpaired) electrons. The van der Waals surface area contributed by atoms with E-state index in [4.69, 9.17) is 0 Å². The summed E-state index contributed by atoms with van der Waals surface area (Å²) in [5, 5.41) is 1.71. The average Bonchev–Trinajstić information content (AvgIpc) is 3.22. The predicted octanol–water partition coefficient (Wildman–Crippen LogP) is 4.11. The Kier molecular flexibility index (Phi) is 6.68. The monoisotopic (exact) mass is 393 g/mol. The third kappa shape index (κ3) is 4.91. The van der Waals surface area contributed by atoms with Crippen LogP contribution in [0.3, 0.4) is 0 Å². The molecule has 2 aromatic carbocycles. The second-order valence-corrected chi connectivity index (χ2v) is 7.31. The van der Waals surface area contributed by atoms with Crippen LogP contribution < -0.4 is 4.90 Å². The third-order valence-corrected chi connectivity index (χ3v) is 5.12. The first-order valence-corrected chi connectivity index (χ1v) is 10.0. The van der Waals surface area contributed by atoms with Crippen molar-refractivity contribution >= 4 is 29.0 Å². The second kappa shape index (κ2) is 9.39. The molecule has 6 heteroatoms. The normalized spacial score (nSPS) is 12.0. The molecular formula is C22H23N3O2S. The Morgan fingerprint density at radius 2 is 1.50 bits per heavy atom. The first-order valence-electron chi connectivity index (χ1n) is 9.11. The molecule has 144 valence electrons. The molecule has 2 amide bonds. The van der Waals surface area contributed by atoms with E-state index in [9.17, 15) is 9.59 Å². The molecule has 28 heavy (non-hydrogen) atoms. The smallest absolute Gasteiger partial charge is 0.252 e. The fraction of sp³-hybridized carbons (Fsp3) is 0.227. The lowest BCUT2D eigenvalue weighted by molar-refractivity contribution is -0.128. The number of anilines is 1. The highest BCUT2D eigenvalue weighted by Crippen LogP contribution is 2.20. The van der Waals surface area contributed by atoms with Crippen LogP contribution in [0.15, 0.2) is 71.6 Å². The minimum atomic E-state index is -0.494. The van der Waals surface area contributed by atoms with Crippen LogP contribution >= 0.6 is 11.3 Å². The van der Waals surface area contributed by atoms with E-state index in [2.05, 4.69) is 9.88 Å². The summed E-state index contributed by atoms with van der Waals surface area (Å²) in [6, 6.07) is 19.6. The number of rotatable bonds is 7. The zero-order valence-electron chi connectivity index (χ0n) is 16.0. The summed E-state index contributed by atoms with van der Waals surface area (Å²) in [5.74, 6) is -0.221. The molecule has 0 aliphatic heterocycles. The van der Waals surface area contributed by atoms with Gasteiger partial charge in [-0.15, -0.1) is 11.3 Å². The molecule has 1 aromatic heterocycles. The van der Waals surface area contributed by atoms with Gasteiger partial charge in [0.2, 0.25) is 5.91 Å². The van der Waals surface area contributed by atoms with Gasteiger partial charge in [-0.25, -0.2) is 9.88 Å². The molecule has 0 fully saturated rings. The van der Waals surface area contributed by atoms with E-state index in [1.54, 1.807) is 10.9 Å². The Hall–Kier alpha value is -2.83. The maximum absolute atomic E-state index is 13.2. The SMILES string of the molecule is CC(=O)N(C(=O)[C@H](C)N(Cc1ccccc1)Cc1ccccc1)c1cscn1. The summed E-state index contributed by atoms with van der Waals surface area (Å²) in [7, 11) is 0. The lowest BCUT2D eigenvalue weighted by Gasteiger charge is -2.31. The van der Waals surface area contributed by atoms with Gasteiger partial charge in [0, 0.05) is 25.4 Å². The number of thiazole rings is 1. The van der Waals surface area contributed by atoms with E-state index in [0.29, 0.717) is 18.9 Å². The summed E-state index contributed by atoms with van der Waals surface area (Å²) in [4.78, 5) is 32.8. The van der Waals surface area contributed by atoms with Crippen molar-refractivity contribution in [3.05, 3.63) is 82.7 Å². The zero-order valence-corrected chi connectivity index (χ0v) is 16.8. The number of imide groups is 1. The minimum Gasteiger partial charge on any atom is -0.284 e. The standard InChI is InChI=1S/C22H23N3O2S/c1-17(22(27)25(18(2)26)21-15-28-16-23-21)24(13-19-9-5-3-6-10-19)14-20-11-7-4-8-12-20/h3-12,15-17H,13-14H2,1-2H3/t17-/m0/s1.